The summed E-state index contributed by atoms with van der Waals surface area (Å²) in [5.74, 6) is -3.72. The van der Waals surface area contributed by atoms with E-state index in [0.29, 0.717) is 24.8 Å². The summed E-state index contributed by atoms with van der Waals surface area (Å²) in [6, 6.07) is 16.1. The summed E-state index contributed by atoms with van der Waals surface area (Å²) in [5.41, 5.74) is -0.436. The Labute approximate surface area is 309 Å². The summed E-state index contributed by atoms with van der Waals surface area (Å²) in [6.45, 7) is 14.9. The standard InChI is InChI=1S/C40H50BrN3O7/c1-7-9-20-30(46)42-25(3)33(27-18-14-11-15-19-27)50-38(49)31-32-36(47)44(28(24-45)22-26-16-12-10-13-17-26)35(40(32)23-29(41)34(31)51-40)37(48)43(21-8-2)39(4,5)6/h7-8,10-19,25,28-29,31-35,45H,1-2,9,20-24H2,3-6H3,(H,42,46)/t25-,28-,29?,31+,32-,33-,34+,35+,40-/m1/s1. The van der Waals surface area contributed by atoms with Gasteiger partial charge in [-0.2, -0.15) is 0 Å². The van der Waals surface area contributed by atoms with Crippen molar-refractivity contribution in [3.05, 3.63) is 97.1 Å². The second kappa shape index (κ2) is 15.8. The predicted octanol–water partition coefficient (Wildman–Crippen LogP) is 4.91. The van der Waals surface area contributed by atoms with Gasteiger partial charge in [0.15, 0.2) is 0 Å². The van der Waals surface area contributed by atoms with Gasteiger partial charge in [-0.15, -0.1) is 13.2 Å². The number of ether oxygens (including phenoxy) is 2. The molecule has 2 N–H and O–H groups in total. The summed E-state index contributed by atoms with van der Waals surface area (Å²) in [5, 5.41) is 13.8. The molecule has 3 aliphatic heterocycles. The van der Waals surface area contributed by atoms with Gasteiger partial charge in [-0.05, 0) is 58.1 Å². The van der Waals surface area contributed by atoms with Crippen LogP contribution in [0.2, 0.25) is 0 Å². The highest BCUT2D eigenvalue weighted by Gasteiger charge is 2.77. The molecule has 274 valence electrons. The van der Waals surface area contributed by atoms with Gasteiger partial charge in [-0.1, -0.05) is 88.7 Å². The zero-order chi connectivity index (χ0) is 37.1. The lowest BCUT2D eigenvalue weighted by Crippen LogP contribution is -2.62. The minimum Gasteiger partial charge on any atom is -0.455 e. The van der Waals surface area contributed by atoms with Gasteiger partial charge in [0.1, 0.15) is 17.7 Å². The van der Waals surface area contributed by atoms with Gasteiger partial charge in [0.05, 0.1) is 36.6 Å². The molecule has 2 aromatic carbocycles. The van der Waals surface area contributed by atoms with Crippen LogP contribution in [0.25, 0.3) is 0 Å². The molecule has 0 radical (unpaired) electrons. The normalized spacial score (nSPS) is 26.9. The second-order valence-electron chi connectivity index (χ2n) is 14.8. The van der Waals surface area contributed by atoms with E-state index in [9.17, 15) is 24.3 Å². The number of aliphatic hydroxyl groups excluding tert-OH is 1. The third-order valence-corrected chi connectivity index (χ3v) is 11.2. The van der Waals surface area contributed by atoms with Gasteiger partial charge in [0.2, 0.25) is 17.7 Å². The fourth-order valence-corrected chi connectivity index (χ4v) is 9.00. The van der Waals surface area contributed by atoms with E-state index in [1.165, 1.54) is 4.90 Å². The van der Waals surface area contributed by atoms with E-state index in [4.69, 9.17) is 9.47 Å². The van der Waals surface area contributed by atoms with Crippen molar-refractivity contribution < 1.29 is 33.8 Å². The van der Waals surface area contributed by atoms with E-state index < -0.39 is 71.8 Å². The van der Waals surface area contributed by atoms with Crippen LogP contribution in [0.15, 0.2) is 86.0 Å². The first-order chi connectivity index (χ1) is 24.3. The number of fused-ring (bicyclic) bond motifs is 1. The second-order valence-corrected chi connectivity index (χ2v) is 16.0. The molecule has 1 spiro atoms. The number of carbonyl (C=O) groups excluding carboxylic acids is 4. The molecule has 3 fully saturated rings. The number of benzene rings is 2. The van der Waals surface area contributed by atoms with Crippen LogP contribution in [-0.4, -0.2) is 91.9 Å². The van der Waals surface area contributed by atoms with E-state index in [1.807, 2.05) is 81.4 Å². The smallest absolute Gasteiger partial charge is 0.313 e. The Morgan fingerprint density at radius 1 is 1.12 bits per heavy atom. The van der Waals surface area contributed by atoms with Crippen LogP contribution < -0.4 is 5.32 Å². The van der Waals surface area contributed by atoms with Crippen molar-refractivity contribution in [1.29, 1.82) is 0 Å². The summed E-state index contributed by atoms with van der Waals surface area (Å²) in [4.78, 5) is 59.9. The Kier molecular flexibility index (Phi) is 11.9. The van der Waals surface area contributed by atoms with Crippen molar-refractivity contribution in [3.8, 4) is 0 Å². The fourth-order valence-electron chi connectivity index (χ4n) is 8.06. The Hall–Kier alpha value is -3.80. The molecule has 51 heavy (non-hydrogen) atoms. The molecule has 0 aromatic heterocycles. The Bertz CT molecular complexity index is 1600. The molecule has 10 nitrogen and oxygen atoms in total. The Balaban J connectivity index is 1.55. The molecule has 3 heterocycles. The highest BCUT2D eigenvalue weighted by atomic mass is 79.9. The van der Waals surface area contributed by atoms with E-state index in [-0.39, 0.29) is 29.6 Å². The number of alkyl halides is 1. The molecule has 2 aromatic rings. The van der Waals surface area contributed by atoms with Gasteiger partial charge in [0, 0.05) is 23.3 Å². The molecule has 9 atom stereocenters. The van der Waals surface area contributed by atoms with Gasteiger partial charge in [-0.3, -0.25) is 19.2 Å². The summed E-state index contributed by atoms with van der Waals surface area (Å²) < 4.78 is 13.1. The van der Waals surface area contributed by atoms with Crippen LogP contribution >= 0.6 is 15.9 Å². The first-order valence-corrected chi connectivity index (χ1v) is 18.6. The molecule has 1 unspecified atom stereocenters. The monoisotopic (exact) mass is 763 g/mol. The zero-order valence-electron chi connectivity index (χ0n) is 29.9. The summed E-state index contributed by atoms with van der Waals surface area (Å²) in [7, 11) is 0. The number of esters is 1. The van der Waals surface area contributed by atoms with E-state index >= 15 is 0 Å². The number of hydrogen-bond donors (Lipinski definition) is 2. The quantitative estimate of drug-likeness (QED) is 0.150. The molecular weight excluding hydrogens is 714 g/mol. The maximum absolute atomic E-state index is 14.9. The van der Waals surface area contributed by atoms with Crippen LogP contribution in [0.5, 0.6) is 0 Å². The third kappa shape index (κ3) is 7.57. The van der Waals surface area contributed by atoms with Crippen molar-refractivity contribution in [2.75, 3.05) is 13.2 Å². The maximum Gasteiger partial charge on any atom is 0.313 e. The van der Waals surface area contributed by atoms with Crippen LogP contribution in [0.4, 0.5) is 0 Å². The first kappa shape index (κ1) is 38.4. The minimum atomic E-state index is -1.36. The first-order valence-electron chi connectivity index (χ1n) is 17.7. The lowest BCUT2D eigenvalue weighted by molar-refractivity contribution is -0.162. The van der Waals surface area contributed by atoms with Crippen LogP contribution in [0, 0.1) is 11.8 Å². The van der Waals surface area contributed by atoms with Crippen LogP contribution in [0.1, 0.15) is 64.2 Å². The molecule has 3 amide bonds. The average Bonchev–Trinajstić information content (AvgIpc) is 3.70. The molecule has 5 rings (SSSR count). The molecular formula is C40H50BrN3O7. The fraction of sp³-hybridized carbons (Fsp3) is 0.500. The number of rotatable bonds is 15. The number of hydrogen-bond acceptors (Lipinski definition) is 7. The van der Waals surface area contributed by atoms with Crippen molar-refractivity contribution in [2.24, 2.45) is 11.8 Å². The van der Waals surface area contributed by atoms with Gasteiger partial charge in [-0.25, -0.2) is 0 Å². The van der Waals surface area contributed by atoms with Crippen LogP contribution in [-0.2, 0) is 35.1 Å². The zero-order valence-corrected chi connectivity index (χ0v) is 31.5. The minimum absolute atomic E-state index is 0.207. The number of allylic oxidation sites excluding steroid dienone is 1. The van der Waals surface area contributed by atoms with Gasteiger partial charge < -0.3 is 29.7 Å². The third-order valence-electron chi connectivity index (χ3n) is 10.3. The van der Waals surface area contributed by atoms with E-state index in [2.05, 4.69) is 34.4 Å². The summed E-state index contributed by atoms with van der Waals surface area (Å²) in [6.07, 6.45) is 3.04. The highest BCUT2D eigenvalue weighted by Crippen LogP contribution is 2.61. The summed E-state index contributed by atoms with van der Waals surface area (Å²) >= 11 is 3.75. The van der Waals surface area contributed by atoms with Crippen molar-refractivity contribution in [1.82, 2.24) is 15.1 Å². The van der Waals surface area contributed by atoms with Crippen LogP contribution in [0.3, 0.4) is 0 Å². The molecule has 11 heteroatoms. The number of carbonyl (C=O) groups is 4. The van der Waals surface area contributed by atoms with E-state index in [1.54, 1.807) is 24.0 Å². The number of nitrogens with one attached hydrogen (secondary N) is 1. The number of nitrogens with zero attached hydrogens (tertiary/aromatic N) is 2. The number of halogens is 1. The largest absolute Gasteiger partial charge is 0.455 e. The van der Waals surface area contributed by atoms with Gasteiger partial charge in [0.25, 0.3) is 0 Å². The number of amides is 3. The predicted molar refractivity (Wildman–Crippen MR) is 198 cm³/mol. The lowest BCUT2D eigenvalue weighted by atomic mass is 9.70. The van der Waals surface area contributed by atoms with Crippen molar-refractivity contribution >= 4 is 39.6 Å². The number of likely N-dealkylation sites (tertiary alicyclic amines) is 1. The molecule has 2 bridgehead atoms. The lowest BCUT2D eigenvalue weighted by Gasteiger charge is -2.43. The Morgan fingerprint density at radius 3 is 2.35 bits per heavy atom. The number of aliphatic hydroxyl groups is 1. The topological polar surface area (TPSA) is 125 Å². The average molecular weight is 765 g/mol. The molecule has 3 saturated heterocycles. The van der Waals surface area contributed by atoms with Crippen molar-refractivity contribution in [3.63, 3.8) is 0 Å². The SMILES string of the molecule is C=CCCC(=O)N[C@H](C)[C@@H](OC(=O)[C@@H]1[C@H]2O[C@@]3(CC2Br)[C@H](C(=O)N(CC=C)C(C)(C)C)N([C@@H](CO)Cc2ccccc2)C(=O)[C@@H]13)c1ccccc1. The highest BCUT2D eigenvalue weighted by molar-refractivity contribution is 9.09. The maximum atomic E-state index is 14.9. The van der Waals surface area contributed by atoms with Gasteiger partial charge >= 0.3 is 5.97 Å². The molecule has 0 saturated carbocycles. The van der Waals surface area contributed by atoms with Crippen molar-refractivity contribution in [2.45, 2.75) is 99.7 Å². The molecule has 0 aliphatic carbocycles. The Morgan fingerprint density at radius 2 is 1.76 bits per heavy atom. The van der Waals surface area contributed by atoms with E-state index in [0.717, 1.165) is 5.56 Å². The molecule has 3 aliphatic rings.